The predicted molar refractivity (Wildman–Crippen MR) is 71.4 cm³/mol. The Bertz CT molecular complexity index is 440. The number of hydroxylamine groups is 1. The minimum Gasteiger partial charge on any atom is -0.397 e. The summed E-state index contributed by atoms with van der Waals surface area (Å²) in [5.41, 5.74) is 7.99. The zero-order valence-electron chi connectivity index (χ0n) is 10.8. The lowest BCUT2D eigenvalue weighted by Gasteiger charge is -2.29. The van der Waals surface area contributed by atoms with E-state index in [9.17, 15) is 4.79 Å². The fraction of sp³-hybridized carbons (Fsp3) is 0.462. The van der Waals surface area contributed by atoms with E-state index in [-0.39, 0.29) is 5.91 Å². The molecule has 1 saturated heterocycles. The molecule has 0 aromatic heterocycles. The Morgan fingerprint density at radius 2 is 2.17 bits per heavy atom. The first kappa shape index (κ1) is 12.7. The summed E-state index contributed by atoms with van der Waals surface area (Å²) in [5, 5.41) is 1.78. The van der Waals surface area contributed by atoms with Crippen molar-refractivity contribution in [3.8, 4) is 0 Å². The van der Waals surface area contributed by atoms with Gasteiger partial charge in [-0.2, -0.15) is 0 Å². The number of hydrogen-bond acceptors (Lipinski definition) is 4. The Labute approximate surface area is 107 Å². The van der Waals surface area contributed by atoms with E-state index in [4.69, 9.17) is 10.6 Å². The molecule has 1 heterocycles. The normalized spacial score (nSPS) is 15.6. The van der Waals surface area contributed by atoms with Crippen molar-refractivity contribution in [1.29, 1.82) is 0 Å². The van der Waals surface area contributed by atoms with Gasteiger partial charge < -0.3 is 10.6 Å². The van der Waals surface area contributed by atoms with Crippen LogP contribution in [0.3, 0.4) is 0 Å². The average molecular weight is 249 g/mol. The maximum absolute atomic E-state index is 11.9. The molecule has 2 N–H and O–H groups in total. The molecule has 0 radical (unpaired) electrons. The maximum atomic E-state index is 11.9. The fourth-order valence-corrected chi connectivity index (χ4v) is 1.94. The van der Waals surface area contributed by atoms with Crippen LogP contribution >= 0.6 is 0 Å². The van der Waals surface area contributed by atoms with E-state index in [1.807, 2.05) is 0 Å². The highest BCUT2D eigenvalue weighted by molar-refractivity contribution is 5.95. The number of amides is 1. The number of hydrogen-bond donors (Lipinski definition) is 1. The molecule has 5 nitrogen and oxygen atoms in total. The number of benzene rings is 1. The molecule has 1 aromatic rings. The fourth-order valence-electron chi connectivity index (χ4n) is 1.94. The Morgan fingerprint density at radius 3 is 2.78 bits per heavy atom. The van der Waals surface area contributed by atoms with Gasteiger partial charge in [0.2, 0.25) is 0 Å². The molecule has 0 atom stereocenters. The Morgan fingerprint density at radius 1 is 1.39 bits per heavy atom. The third-order valence-electron chi connectivity index (χ3n) is 2.95. The van der Waals surface area contributed by atoms with Crippen molar-refractivity contribution in [2.45, 2.75) is 12.8 Å². The van der Waals surface area contributed by atoms with E-state index in [0.717, 1.165) is 25.1 Å². The van der Waals surface area contributed by atoms with Gasteiger partial charge in [0.15, 0.2) is 0 Å². The summed E-state index contributed by atoms with van der Waals surface area (Å²) in [7, 11) is 3.46. The Hall–Kier alpha value is -1.75. The molecule has 0 saturated carbocycles. The van der Waals surface area contributed by atoms with Crippen LogP contribution in [0.1, 0.15) is 23.2 Å². The third-order valence-corrected chi connectivity index (χ3v) is 2.95. The molecule has 1 fully saturated rings. The Kier molecular flexibility index (Phi) is 3.72. The zero-order valence-corrected chi connectivity index (χ0v) is 10.8. The molecule has 2 rings (SSSR count). The van der Waals surface area contributed by atoms with Crippen molar-refractivity contribution < 1.29 is 9.63 Å². The smallest absolute Gasteiger partial charge is 0.253 e. The van der Waals surface area contributed by atoms with Crippen LogP contribution in [-0.2, 0) is 4.84 Å². The second-order valence-corrected chi connectivity index (χ2v) is 4.62. The maximum Gasteiger partial charge on any atom is 0.253 e. The van der Waals surface area contributed by atoms with Crippen LogP contribution < -0.4 is 10.8 Å². The van der Waals surface area contributed by atoms with Crippen molar-refractivity contribution in [1.82, 2.24) is 4.90 Å². The highest BCUT2D eigenvalue weighted by Crippen LogP contribution is 2.27. The molecule has 1 aliphatic rings. The van der Waals surface area contributed by atoms with E-state index in [0.29, 0.717) is 17.9 Å². The molecule has 5 heteroatoms. The molecule has 1 amide bonds. The minimum absolute atomic E-state index is 0.0340. The summed E-state index contributed by atoms with van der Waals surface area (Å²) >= 11 is 0. The van der Waals surface area contributed by atoms with Crippen LogP contribution in [0.15, 0.2) is 18.2 Å². The number of nitrogen functional groups attached to an aromatic ring is 1. The number of nitrogens with two attached hydrogens (primary N) is 1. The number of nitrogens with zero attached hydrogens (tertiary/aromatic N) is 2. The number of carbonyl (C=O) groups excluding carboxylic acids is 1. The van der Waals surface area contributed by atoms with Gasteiger partial charge in [-0.25, -0.2) is 0 Å². The van der Waals surface area contributed by atoms with Crippen LogP contribution in [-0.4, -0.2) is 38.1 Å². The summed E-state index contributed by atoms with van der Waals surface area (Å²) in [6.45, 7) is 1.51. The number of anilines is 2. The molecular weight excluding hydrogens is 230 g/mol. The molecule has 0 bridgehead atoms. The quantitative estimate of drug-likeness (QED) is 0.807. The first-order valence-electron chi connectivity index (χ1n) is 6.11. The largest absolute Gasteiger partial charge is 0.397 e. The molecule has 0 unspecified atom stereocenters. The topological polar surface area (TPSA) is 58.8 Å². The lowest BCUT2D eigenvalue weighted by atomic mass is 10.1. The van der Waals surface area contributed by atoms with Crippen molar-refractivity contribution >= 4 is 17.3 Å². The molecular formula is C13H19N3O2. The van der Waals surface area contributed by atoms with Crippen LogP contribution in [0.25, 0.3) is 0 Å². The summed E-state index contributed by atoms with van der Waals surface area (Å²) in [4.78, 5) is 19.0. The highest BCUT2D eigenvalue weighted by atomic mass is 16.7. The van der Waals surface area contributed by atoms with E-state index in [1.165, 1.54) is 0 Å². The predicted octanol–water partition coefficient (Wildman–Crippen LogP) is 1.50. The van der Waals surface area contributed by atoms with Crippen molar-refractivity contribution in [3.05, 3.63) is 23.8 Å². The van der Waals surface area contributed by atoms with Gasteiger partial charge in [0.1, 0.15) is 0 Å². The Balaban J connectivity index is 2.28. The van der Waals surface area contributed by atoms with Gasteiger partial charge in [0, 0.05) is 26.2 Å². The SMILES string of the molecule is CN(C)C(=O)c1ccc(N)c(N2CCCCO2)c1. The minimum atomic E-state index is -0.0340. The van der Waals surface area contributed by atoms with Crippen LogP contribution in [0.4, 0.5) is 11.4 Å². The van der Waals surface area contributed by atoms with E-state index in [1.54, 1.807) is 42.3 Å². The molecule has 0 spiro atoms. The number of rotatable bonds is 2. The average Bonchev–Trinajstić information content (AvgIpc) is 2.39. The van der Waals surface area contributed by atoms with E-state index in [2.05, 4.69) is 0 Å². The third kappa shape index (κ3) is 2.56. The zero-order chi connectivity index (χ0) is 13.1. The second kappa shape index (κ2) is 5.27. The summed E-state index contributed by atoms with van der Waals surface area (Å²) < 4.78 is 0. The van der Waals surface area contributed by atoms with E-state index < -0.39 is 0 Å². The molecule has 18 heavy (non-hydrogen) atoms. The van der Waals surface area contributed by atoms with Crippen LogP contribution in [0, 0.1) is 0 Å². The molecule has 0 aliphatic carbocycles. The van der Waals surface area contributed by atoms with E-state index >= 15 is 0 Å². The molecule has 98 valence electrons. The van der Waals surface area contributed by atoms with Gasteiger partial charge in [-0.15, -0.1) is 0 Å². The highest BCUT2D eigenvalue weighted by Gasteiger charge is 2.17. The molecule has 1 aromatic carbocycles. The summed E-state index contributed by atoms with van der Waals surface area (Å²) in [5.74, 6) is -0.0340. The van der Waals surface area contributed by atoms with Crippen LogP contribution in [0.5, 0.6) is 0 Å². The monoisotopic (exact) mass is 249 g/mol. The van der Waals surface area contributed by atoms with Gasteiger partial charge in [-0.3, -0.25) is 14.7 Å². The van der Waals surface area contributed by atoms with Crippen molar-refractivity contribution in [2.75, 3.05) is 38.0 Å². The first-order valence-corrected chi connectivity index (χ1v) is 6.11. The van der Waals surface area contributed by atoms with Gasteiger partial charge in [0.25, 0.3) is 5.91 Å². The van der Waals surface area contributed by atoms with Gasteiger partial charge in [-0.1, -0.05) is 0 Å². The van der Waals surface area contributed by atoms with Crippen molar-refractivity contribution in [3.63, 3.8) is 0 Å². The van der Waals surface area contributed by atoms with Gasteiger partial charge >= 0.3 is 0 Å². The standard InChI is InChI=1S/C13H19N3O2/c1-15(2)13(17)10-5-6-11(14)12(9-10)16-7-3-4-8-18-16/h5-6,9H,3-4,7-8,14H2,1-2H3. The second-order valence-electron chi connectivity index (χ2n) is 4.62. The first-order chi connectivity index (χ1) is 8.59. The lowest BCUT2D eigenvalue weighted by molar-refractivity contribution is 0.0778. The summed E-state index contributed by atoms with van der Waals surface area (Å²) in [6.07, 6.45) is 2.14. The lowest BCUT2D eigenvalue weighted by Crippen LogP contribution is -2.31. The molecule has 1 aliphatic heterocycles. The van der Waals surface area contributed by atoms with Gasteiger partial charge in [0.05, 0.1) is 18.0 Å². The summed E-state index contributed by atoms with van der Waals surface area (Å²) in [6, 6.07) is 5.29. The van der Waals surface area contributed by atoms with Crippen LogP contribution in [0.2, 0.25) is 0 Å². The number of carbonyl (C=O) groups is 1. The van der Waals surface area contributed by atoms with Crippen molar-refractivity contribution in [2.24, 2.45) is 0 Å². The van der Waals surface area contributed by atoms with Gasteiger partial charge in [-0.05, 0) is 31.0 Å².